The van der Waals surface area contributed by atoms with Crippen molar-refractivity contribution in [2.45, 2.75) is 26.3 Å². The molecule has 0 atom stereocenters. The highest BCUT2D eigenvalue weighted by Crippen LogP contribution is 2.31. The standard InChI is InChI=1S/C24H27N5O2/c1-15(30)31-18-5-6-19-22(11-18)28-29-24(19)23-12-20-17(3-2-4-21(20)27-23)14-26-13-16-7-9-25-10-8-16/h2-6,11-12,16,25-27H,7-10,13-14H2,1H3,(H,28,29). The summed E-state index contributed by atoms with van der Waals surface area (Å²) >= 11 is 0. The molecule has 1 saturated heterocycles. The second-order valence-electron chi connectivity index (χ2n) is 8.26. The van der Waals surface area contributed by atoms with E-state index in [1.807, 2.05) is 6.07 Å². The van der Waals surface area contributed by atoms with E-state index in [0.29, 0.717) is 5.75 Å². The molecule has 7 nitrogen and oxygen atoms in total. The summed E-state index contributed by atoms with van der Waals surface area (Å²) in [6, 6.07) is 14.1. The number of fused-ring (bicyclic) bond motifs is 2. The third-order valence-electron chi connectivity index (χ3n) is 6.01. The van der Waals surface area contributed by atoms with E-state index in [2.05, 4.69) is 50.1 Å². The molecule has 0 bridgehead atoms. The lowest BCUT2D eigenvalue weighted by atomic mass is 9.98. The summed E-state index contributed by atoms with van der Waals surface area (Å²) in [5.74, 6) is 0.930. The normalized spacial score (nSPS) is 15.0. The van der Waals surface area contributed by atoms with Gasteiger partial charge in [0.1, 0.15) is 11.4 Å². The number of nitrogens with zero attached hydrogens (tertiary/aromatic N) is 1. The maximum atomic E-state index is 11.2. The average molecular weight is 418 g/mol. The molecule has 3 heterocycles. The van der Waals surface area contributed by atoms with Crippen LogP contribution < -0.4 is 15.4 Å². The van der Waals surface area contributed by atoms with Crippen molar-refractivity contribution in [2.75, 3.05) is 19.6 Å². The van der Waals surface area contributed by atoms with Gasteiger partial charge < -0.3 is 20.4 Å². The minimum atomic E-state index is -0.337. The minimum Gasteiger partial charge on any atom is -0.427 e. The van der Waals surface area contributed by atoms with Crippen molar-refractivity contribution in [3.05, 3.63) is 48.0 Å². The molecular weight excluding hydrogens is 390 g/mol. The van der Waals surface area contributed by atoms with Crippen LogP contribution in [0.3, 0.4) is 0 Å². The molecule has 0 amide bonds. The number of carbonyl (C=O) groups excluding carboxylic acids is 1. The van der Waals surface area contributed by atoms with Gasteiger partial charge in [-0.25, -0.2) is 0 Å². The fourth-order valence-electron chi connectivity index (χ4n) is 4.43. The van der Waals surface area contributed by atoms with Crippen molar-refractivity contribution in [1.82, 2.24) is 25.8 Å². The number of benzene rings is 2. The molecule has 0 aliphatic carbocycles. The highest BCUT2D eigenvalue weighted by Gasteiger charge is 2.15. The van der Waals surface area contributed by atoms with Gasteiger partial charge in [0.2, 0.25) is 0 Å². The molecule has 31 heavy (non-hydrogen) atoms. The Kier molecular flexibility index (Phi) is 5.44. The number of ether oxygens (including phenoxy) is 1. The molecule has 7 heteroatoms. The molecule has 2 aromatic carbocycles. The number of hydrogen-bond acceptors (Lipinski definition) is 5. The lowest BCUT2D eigenvalue weighted by Crippen LogP contribution is -2.33. The molecule has 0 saturated carbocycles. The second-order valence-corrected chi connectivity index (χ2v) is 8.26. The van der Waals surface area contributed by atoms with Gasteiger partial charge in [-0.3, -0.25) is 9.89 Å². The van der Waals surface area contributed by atoms with E-state index in [1.54, 1.807) is 12.1 Å². The third kappa shape index (κ3) is 4.19. The van der Waals surface area contributed by atoms with Gasteiger partial charge in [0.25, 0.3) is 0 Å². The molecule has 2 aromatic heterocycles. The van der Waals surface area contributed by atoms with Gasteiger partial charge in [-0.15, -0.1) is 0 Å². The summed E-state index contributed by atoms with van der Waals surface area (Å²) in [5.41, 5.74) is 5.03. The fourth-order valence-corrected chi connectivity index (χ4v) is 4.43. The number of carbonyl (C=O) groups is 1. The highest BCUT2D eigenvalue weighted by molar-refractivity contribution is 5.97. The van der Waals surface area contributed by atoms with Crippen LogP contribution in [-0.4, -0.2) is 40.8 Å². The summed E-state index contributed by atoms with van der Waals surface area (Å²) in [4.78, 5) is 14.7. The molecule has 0 unspecified atom stereocenters. The van der Waals surface area contributed by atoms with Gasteiger partial charge in [0.15, 0.2) is 0 Å². The van der Waals surface area contributed by atoms with Crippen LogP contribution >= 0.6 is 0 Å². The van der Waals surface area contributed by atoms with Crippen molar-refractivity contribution in [2.24, 2.45) is 5.92 Å². The van der Waals surface area contributed by atoms with E-state index < -0.39 is 0 Å². The summed E-state index contributed by atoms with van der Waals surface area (Å²) in [6.07, 6.45) is 2.49. The smallest absolute Gasteiger partial charge is 0.308 e. The molecule has 1 fully saturated rings. The molecule has 1 aliphatic heterocycles. The lowest BCUT2D eigenvalue weighted by molar-refractivity contribution is -0.131. The molecule has 0 spiro atoms. The Hall–Kier alpha value is -3.16. The Bertz CT molecular complexity index is 1220. The van der Waals surface area contributed by atoms with Gasteiger partial charge >= 0.3 is 5.97 Å². The summed E-state index contributed by atoms with van der Waals surface area (Å²) in [5, 5.41) is 16.8. The fraction of sp³-hybridized carbons (Fsp3) is 0.333. The predicted octanol–water partition coefficient (Wildman–Crippen LogP) is 3.73. The van der Waals surface area contributed by atoms with Crippen molar-refractivity contribution in [1.29, 1.82) is 0 Å². The van der Waals surface area contributed by atoms with E-state index in [-0.39, 0.29) is 5.97 Å². The molecule has 0 radical (unpaired) electrons. The number of nitrogens with one attached hydrogen (secondary N) is 4. The van der Waals surface area contributed by atoms with Crippen molar-refractivity contribution < 1.29 is 9.53 Å². The van der Waals surface area contributed by atoms with E-state index in [9.17, 15) is 4.79 Å². The zero-order chi connectivity index (χ0) is 21.2. The number of aromatic amines is 2. The molecule has 5 rings (SSSR count). The van der Waals surface area contributed by atoms with Gasteiger partial charge in [0, 0.05) is 35.8 Å². The summed E-state index contributed by atoms with van der Waals surface area (Å²) in [7, 11) is 0. The van der Waals surface area contributed by atoms with Gasteiger partial charge in [-0.1, -0.05) is 12.1 Å². The van der Waals surface area contributed by atoms with Crippen molar-refractivity contribution in [3.8, 4) is 17.1 Å². The van der Waals surface area contributed by atoms with E-state index in [1.165, 1.54) is 30.7 Å². The van der Waals surface area contributed by atoms with Crippen molar-refractivity contribution in [3.63, 3.8) is 0 Å². The van der Waals surface area contributed by atoms with Crippen molar-refractivity contribution >= 4 is 27.8 Å². The Balaban J connectivity index is 1.38. The summed E-state index contributed by atoms with van der Waals surface area (Å²) in [6.45, 7) is 5.56. The monoisotopic (exact) mass is 417 g/mol. The molecule has 4 N–H and O–H groups in total. The van der Waals surface area contributed by atoms with Crippen LogP contribution in [-0.2, 0) is 11.3 Å². The first-order valence-corrected chi connectivity index (χ1v) is 10.9. The molecule has 4 aromatic rings. The number of esters is 1. The Morgan fingerprint density at radius 3 is 2.84 bits per heavy atom. The third-order valence-corrected chi connectivity index (χ3v) is 6.01. The maximum absolute atomic E-state index is 11.2. The van der Waals surface area contributed by atoms with Crippen LogP contribution in [0.2, 0.25) is 0 Å². The number of hydrogen-bond donors (Lipinski definition) is 4. The first-order chi connectivity index (χ1) is 15.2. The van der Waals surface area contributed by atoms with Gasteiger partial charge in [-0.05, 0) is 68.2 Å². The maximum Gasteiger partial charge on any atom is 0.308 e. The number of rotatable bonds is 6. The zero-order valence-corrected chi connectivity index (χ0v) is 17.6. The van der Waals surface area contributed by atoms with Crippen LogP contribution in [0, 0.1) is 5.92 Å². The zero-order valence-electron chi connectivity index (χ0n) is 17.6. The van der Waals surface area contributed by atoms with Gasteiger partial charge in [-0.2, -0.15) is 5.10 Å². The average Bonchev–Trinajstić information content (AvgIpc) is 3.38. The first-order valence-electron chi connectivity index (χ1n) is 10.9. The van der Waals surface area contributed by atoms with Crippen LogP contribution in [0.15, 0.2) is 42.5 Å². The molecular formula is C24H27N5O2. The summed E-state index contributed by atoms with van der Waals surface area (Å²) < 4.78 is 5.18. The van der Waals surface area contributed by atoms with Crippen LogP contribution in [0.1, 0.15) is 25.3 Å². The predicted molar refractivity (Wildman–Crippen MR) is 122 cm³/mol. The van der Waals surface area contributed by atoms with E-state index >= 15 is 0 Å². The number of aromatic nitrogens is 3. The first kappa shape index (κ1) is 19.8. The topological polar surface area (TPSA) is 94.8 Å². The molecule has 1 aliphatic rings. The molecule has 160 valence electrons. The second kappa shape index (κ2) is 8.53. The van der Waals surface area contributed by atoms with Gasteiger partial charge in [0.05, 0.1) is 11.2 Å². The Morgan fingerprint density at radius 2 is 2.00 bits per heavy atom. The van der Waals surface area contributed by atoms with Crippen LogP contribution in [0.25, 0.3) is 33.2 Å². The highest BCUT2D eigenvalue weighted by atomic mass is 16.5. The van der Waals surface area contributed by atoms with E-state index in [4.69, 9.17) is 4.74 Å². The number of piperidine rings is 1. The Morgan fingerprint density at radius 1 is 1.13 bits per heavy atom. The van der Waals surface area contributed by atoms with E-state index in [0.717, 1.165) is 59.9 Å². The lowest BCUT2D eigenvalue weighted by Gasteiger charge is -2.22. The van der Waals surface area contributed by atoms with Crippen LogP contribution in [0.5, 0.6) is 5.75 Å². The quantitative estimate of drug-likeness (QED) is 0.283. The largest absolute Gasteiger partial charge is 0.427 e. The Labute approximate surface area is 180 Å². The minimum absolute atomic E-state index is 0.337. The van der Waals surface area contributed by atoms with Crippen LogP contribution in [0.4, 0.5) is 0 Å². The number of H-pyrrole nitrogens is 2. The SMILES string of the molecule is CC(=O)Oc1ccc2c(-c3cc4c(CNCC5CCNCC5)cccc4[nH]3)n[nH]c2c1.